The predicted octanol–water partition coefficient (Wildman–Crippen LogP) is 3.05. The largest absolute Gasteiger partial charge is 0.508 e. The summed E-state index contributed by atoms with van der Waals surface area (Å²) in [6, 6.07) is 10.8. The summed E-state index contributed by atoms with van der Waals surface area (Å²) in [5, 5.41) is 27.9. The molecule has 1 aromatic heterocycles. The zero-order valence-electron chi connectivity index (χ0n) is 18.3. The fourth-order valence-corrected chi connectivity index (χ4v) is 4.05. The van der Waals surface area contributed by atoms with Crippen LogP contribution < -0.4 is 11.1 Å². The molecule has 1 aliphatic rings. The van der Waals surface area contributed by atoms with Gasteiger partial charge in [0.05, 0.1) is 11.1 Å². The molecule has 0 aliphatic carbocycles. The Labute approximate surface area is 186 Å². The molecular weight excluding hydrogens is 408 g/mol. The molecule has 1 amide bonds. The second kappa shape index (κ2) is 9.02. The Hall–Kier alpha value is -3.36. The van der Waals surface area contributed by atoms with Gasteiger partial charge in [-0.2, -0.15) is 0 Å². The van der Waals surface area contributed by atoms with Crippen LogP contribution in [0.5, 0.6) is 11.5 Å². The van der Waals surface area contributed by atoms with Crippen LogP contribution in [0.2, 0.25) is 0 Å². The Balaban J connectivity index is 1.74. The van der Waals surface area contributed by atoms with Gasteiger partial charge in [0.25, 0.3) is 5.91 Å². The summed E-state index contributed by atoms with van der Waals surface area (Å²) < 4.78 is 5.50. The first kappa shape index (κ1) is 21.9. The summed E-state index contributed by atoms with van der Waals surface area (Å²) in [7, 11) is 0. The van der Waals surface area contributed by atoms with Crippen LogP contribution in [0.1, 0.15) is 41.4 Å². The molecule has 0 spiro atoms. The lowest BCUT2D eigenvalue weighted by Crippen LogP contribution is -2.42. The van der Waals surface area contributed by atoms with Crippen LogP contribution in [-0.2, 0) is 6.54 Å². The summed E-state index contributed by atoms with van der Waals surface area (Å²) in [5.74, 6) is -0.652. The van der Waals surface area contributed by atoms with Crippen molar-refractivity contribution < 1.29 is 19.5 Å². The molecule has 0 unspecified atom stereocenters. The Morgan fingerprint density at radius 2 is 1.84 bits per heavy atom. The average Bonchev–Trinajstić information content (AvgIpc) is 3.20. The standard InChI is InChI=1S/C24H28N4O4/c1-14(2)17-11-18(20(30)12-19(17)29)23-21(22(24(25)31)27-32-23)16-5-3-15(4-6-16)13-28-9-7-26-8-10-28/h3-6,11-12,14,26,29-30H,7-10,13H2,1-2H3,(H2,25,31). The number of aromatic hydroxyl groups is 2. The zero-order valence-corrected chi connectivity index (χ0v) is 18.3. The van der Waals surface area contributed by atoms with Crippen molar-refractivity contribution in [2.75, 3.05) is 26.2 Å². The fourth-order valence-electron chi connectivity index (χ4n) is 4.05. The lowest BCUT2D eigenvalue weighted by Gasteiger charge is -2.27. The summed E-state index contributed by atoms with van der Waals surface area (Å²) >= 11 is 0. The number of nitrogens with zero attached hydrogens (tertiary/aromatic N) is 2. The van der Waals surface area contributed by atoms with E-state index < -0.39 is 5.91 Å². The maximum absolute atomic E-state index is 12.1. The summed E-state index contributed by atoms with van der Waals surface area (Å²) in [5.41, 5.74) is 8.82. The summed E-state index contributed by atoms with van der Waals surface area (Å²) in [6.45, 7) is 8.68. The third-order valence-electron chi connectivity index (χ3n) is 5.80. The average molecular weight is 437 g/mol. The maximum Gasteiger partial charge on any atom is 0.271 e. The van der Waals surface area contributed by atoms with E-state index in [0.717, 1.165) is 38.3 Å². The van der Waals surface area contributed by atoms with Crippen molar-refractivity contribution in [1.82, 2.24) is 15.4 Å². The van der Waals surface area contributed by atoms with Crippen molar-refractivity contribution in [3.63, 3.8) is 0 Å². The van der Waals surface area contributed by atoms with Crippen molar-refractivity contribution in [1.29, 1.82) is 0 Å². The van der Waals surface area contributed by atoms with Crippen molar-refractivity contribution in [2.45, 2.75) is 26.3 Å². The minimum absolute atomic E-state index is 0.00490. The van der Waals surface area contributed by atoms with Gasteiger partial charge in [0.15, 0.2) is 11.5 Å². The van der Waals surface area contributed by atoms with Crippen LogP contribution in [0, 0.1) is 0 Å². The number of piperazine rings is 1. The number of amides is 1. The number of rotatable bonds is 6. The Morgan fingerprint density at radius 3 is 2.47 bits per heavy atom. The molecule has 8 heteroatoms. The van der Waals surface area contributed by atoms with E-state index in [2.05, 4.69) is 15.4 Å². The predicted molar refractivity (Wildman–Crippen MR) is 121 cm³/mol. The van der Waals surface area contributed by atoms with Crippen molar-refractivity contribution in [2.24, 2.45) is 5.73 Å². The van der Waals surface area contributed by atoms with Crippen molar-refractivity contribution in [3.05, 3.63) is 53.2 Å². The topological polar surface area (TPSA) is 125 Å². The number of phenolic OH excluding ortho intramolecular Hbond substituents is 2. The normalized spacial score (nSPS) is 14.7. The van der Waals surface area contributed by atoms with Gasteiger partial charge in [-0.15, -0.1) is 0 Å². The van der Waals surface area contributed by atoms with Gasteiger partial charge in [-0.05, 0) is 28.7 Å². The second-order valence-corrected chi connectivity index (χ2v) is 8.41. The smallest absolute Gasteiger partial charge is 0.271 e. The highest BCUT2D eigenvalue weighted by Crippen LogP contribution is 2.43. The molecule has 8 nitrogen and oxygen atoms in total. The minimum atomic E-state index is -0.720. The van der Waals surface area contributed by atoms with E-state index in [4.69, 9.17) is 10.3 Å². The van der Waals surface area contributed by atoms with Crippen molar-refractivity contribution in [3.8, 4) is 33.9 Å². The van der Waals surface area contributed by atoms with Crippen LogP contribution in [-0.4, -0.2) is 52.4 Å². The van der Waals surface area contributed by atoms with Crippen LogP contribution in [0.3, 0.4) is 0 Å². The second-order valence-electron chi connectivity index (χ2n) is 8.41. The van der Waals surface area contributed by atoms with Crippen LogP contribution in [0.15, 0.2) is 40.9 Å². The molecule has 0 atom stereocenters. The number of nitrogens with two attached hydrogens (primary N) is 1. The first-order valence-corrected chi connectivity index (χ1v) is 10.7. The van der Waals surface area contributed by atoms with Crippen molar-refractivity contribution >= 4 is 5.91 Å². The SMILES string of the molecule is CC(C)c1cc(-c2onc(C(N)=O)c2-c2ccc(CN3CCNCC3)cc2)c(O)cc1O. The third-order valence-corrected chi connectivity index (χ3v) is 5.80. The lowest BCUT2D eigenvalue weighted by molar-refractivity contribution is 0.0992. The molecule has 1 fully saturated rings. The Kier molecular flexibility index (Phi) is 6.16. The van der Waals surface area contributed by atoms with Gasteiger partial charge >= 0.3 is 0 Å². The number of carbonyl (C=O) groups is 1. The van der Waals surface area contributed by atoms with Crippen LogP contribution in [0.25, 0.3) is 22.5 Å². The van der Waals surface area contributed by atoms with Gasteiger partial charge in [0.2, 0.25) is 0 Å². The first-order valence-electron chi connectivity index (χ1n) is 10.7. The molecule has 32 heavy (non-hydrogen) atoms. The number of aromatic nitrogens is 1. The molecule has 1 aliphatic heterocycles. The summed E-state index contributed by atoms with van der Waals surface area (Å²) in [6.07, 6.45) is 0. The molecule has 4 rings (SSSR count). The monoisotopic (exact) mass is 436 g/mol. The Bertz CT molecular complexity index is 1120. The number of hydrogen-bond donors (Lipinski definition) is 4. The lowest BCUT2D eigenvalue weighted by atomic mass is 9.94. The maximum atomic E-state index is 12.1. The molecule has 0 radical (unpaired) electrons. The van der Waals surface area contributed by atoms with E-state index in [0.29, 0.717) is 22.3 Å². The molecule has 1 saturated heterocycles. The van der Waals surface area contributed by atoms with E-state index in [-0.39, 0.29) is 28.9 Å². The first-order chi connectivity index (χ1) is 15.3. The van der Waals surface area contributed by atoms with Gasteiger partial charge in [-0.1, -0.05) is 43.3 Å². The summed E-state index contributed by atoms with van der Waals surface area (Å²) in [4.78, 5) is 14.5. The number of benzene rings is 2. The van der Waals surface area contributed by atoms with Gasteiger partial charge in [-0.3, -0.25) is 9.69 Å². The molecule has 168 valence electrons. The van der Waals surface area contributed by atoms with E-state index in [1.165, 1.54) is 6.07 Å². The highest BCUT2D eigenvalue weighted by molar-refractivity contribution is 6.01. The highest BCUT2D eigenvalue weighted by Gasteiger charge is 2.26. The molecule has 0 saturated carbocycles. The molecule has 2 heterocycles. The number of carbonyl (C=O) groups excluding carboxylic acids is 1. The fraction of sp³-hybridized carbons (Fsp3) is 0.333. The quantitative estimate of drug-likeness (QED) is 0.468. The number of primary amides is 1. The van der Waals surface area contributed by atoms with Gasteiger partial charge < -0.3 is 25.8 Å². The third kappa shape index (κ3) is 4.32. The van der Waals surface area contributed by atoms with E-state index >= 15 is 0 Å². The van der Waals surface area contributed by atoms with E-state index in [1.54, 1.807) is 6.07 Å². The van der Waals surface area contributed by atoms with Gasteiger partial charge in [0, 0.05) is 38.8 Å². The van der Waals surface area contributed by atoms with Gasteiger partial charge in [0.1, 0.15) is 11.5 Å². The molecule has 0 bridgehead atoms. The zero-order chi connectivity index (χ0) is 22.8. The highest BCUT2D eigenvalue weighted by atomic mass is 16.5. The minimum Gasteiger partial charge on any atom is -0.508 e. The van der Waals surface area contributed by atoms with E-state index in [9.17, 15) is 15.0 Å². The molecule has 5 N–H and O–H groups in total. The van der Waals surface area contributed by atoms with Crippen LogP contribution in [0.4, 0.5) is 0 Å². The Morgan fingerprint density at radius 1 is 1.16 bits per heavy atom. The molecule has 3 aromatic rings. The van der Waals surface area contributed by atoms with Crippen LogP contribution >= 0.6 is 0 Å². The number of phenols is 2. The molecular formula is C24H28N4O4. The van der Waals surface area contributed by atoms with E-state index in [1.807, 2.05) is 38.1 Å². The molecule has 2 aromatic carbocycles. The number of hydrogen-bond acceptors (Lipinski definition) is 7. The van der Waals surface area contributed by atoms with Gasteiger partial charge in [-0.25, -0.2) is 0 Å². The number of nitrogens with one attached hydrogen (secondary N) is 1.